The van der Waals surface area contributed by atoms with Crippen LogP contribution in [-0.4, -0.2) is 35.9 Å². The molecule has 0 saturated heterocycles. The lowest BCUT2D eigenvalue weighted by Gasteiger charge is -2.02. The summed E-state index contributed by atoms with van der Waals surface area (Å²) in [5, 5.41) is 10.4. The summed E-state index contributed by atoms with van der Waals surface area (Å²) < 4.78 is 0. The number of para-hydroxylation sites is 1. The van der Waals surface area contributed by atoms with Gasteiger partial charge in [0, 0.05) is 19.9 Å². The first-order valence-electron chi connectivity index (χ1n) is 9.63. The van der Waals surface area contributed by atoms with Crippen LogP contribution in [0, 0.1) is 6.92 Å². The van der Waals surface area contributed by atoms with Crippen LogP contribution in [0.5, 0.6) is 0 Å². The van der Waals surface area contributed by atoms with Crippen molar-refractivity contribution in [3.05, 3.63) is 65.5 Å². The summed E-state index contributed by atoms with van der Waals surface area (Å²) in [6.07, 6.45) is 9.41. The van der Waals surface area contributed by atoms with E-state index in [0.29, 0.717) is 11.7 Å². The predicted molar refractivity (Wildman–Crippen MR) is 124 cm³/mol. The molecule has 1 amide bonds. The maximum Gasteiger partial charge on any atom is 0.262 e. The number of halogens is 1. The second kappa shape index (κ2) is 17.6. The van der Waals surface area contributed by atoms with E-state index in [1.54, 1.807) is 18.3 Å². The number of aryl methyl sites for hydroxylation is 1. The summed E-state index contributed by atoms with van der Waals surface area (Å²) in [4.78, 5) is 19.6. The number of pyridine rings is 1. The van der Waals surface area contributed by atoms with E-state index in [9.17, 15) is 4.79 Å². The molecular formula is C23H32ClN3O2. The van der Waals surface area contributed by atoms with Gasteiger partial charge in [0.05, 0.1) is 11.9 Å². The molecule has 1 aromatic carbocycles. The van der Waals surface area contributed by atoms with E-state index < -0.39 is 0 Å². The van der Waals surface area contributed by atoms with Crippen LogP contribution >= 0.6 is 11.6 Å². The van der Waals surface area contributed by atoms with Crippen molar-refractivity contribution in [1.82, 2.24) is 10.3 Å². The highest BCUT2D eigenvalue weighted by atomic mass is 35.5. The molecule has 0 aliphatic heterocycles. The number of rotatable bonds is 8. The van der Waals surface area contributed by atoms with Gasteiger partial charge in [-0.25, -0.2) is 4.98 Å². The molecule has 29 heavy (non-hydrogen) atoms. The third-order valence-corrected chi connectivity index (χ3v) is 3.91. The molecule has 0 saturated carbocycles. The zero-order valence-electron chi connectivity index (χ0n) is 17.6. The normalized spacial score (nSPS) is 9.69. The number of amides is 1. The Labute approximate surface area is 179 Å². The molecule has 2 N–H and O–H groups in total. The maximum atomic E-state index is 11.6. The molecule has 0 spiro atoms. The van der Waals surface area contributed by atoms with Crippen LogP contribution in [0.4, 0.5) is 5.69 Å². The zero-order valence-corrected chi connectivity index (χ0v) is 18.3. The summed E-state index contributed by atoms with van der Waals surface area (Å²) >= 11 is 5.50. The first kappa shape index (κ1) is 26.5. The Morgan fingerprint density at radius 3 is 2.52 bits per heavy atom. The van der Waals surface area contributed by atoms with Crippen LogP contribution in [0.2, 0.25) is 5.15 Å². The van der Waals surface area contributed by atoms with E-state index in [1.165, 1.54) is 19.1 Å². The van der Waals surface area contributed by atoms with Crippen molar-refractivity contribution in [1.29, 1.82) is 0 Å². The Morgan fingerprint density at radius 2 is 1.93 bits per heavy atom. The van der Waals surface area contributed by atoms with Crippen molar-refractivity contribution in [2.24, 2.45) is 4.99 Å². The third kappa shape index (κ3) is 13.3. The number of hydrogen-bond donors (Lipinski definition) is 2. The number of hydrogen-bond acceptors (Lipinski definition) is 4. The van der Waals surface area contributed by atoms with Gasteiger partial charge in [-0.15, -0.1) is 0 Å². The number of aliphatic hydroxyl groups is 1. The van der Waals surface area contributed by atoms with Gasteiger partial charge in [-0.1, -0.05) is 74.7 Å². The highest BCUT2D eigenvalue weighted by Gasteiger charge is 1.98. The topological polar surface area (TPSA) is 74.6 Å². The number of unbranched alkanes of at least 4 members (excludes halogenated alkanes) is 3. The number of aliphatic imine (C=N–C) groups is 1. The highest BCUT2D eigenvalue weighted by Crippen LogP contribution is 2.18. The summed E-state index contributed by atoms with van der Waals surface area (Å²) in [6.45, 7) is 8.58. The largest absolute Gasteiger partial charge is 0.400 e. The van der Waals surface area contributed by atoms with E-state index in [4.69, 9.17) is 16.7 Å². The highest BCUT2D eigenvalue weighted by molar-refractivity contribution is 6.29. The summed E-state index contributed by atoms with van der Waals surface area (Å²) in [5.41, 5.74) is 2.82. The third-order valence-electron chi connectivity index (χ3n) is 3.68. The van der Waals surface area contributed by atoms with E-state index in [2.05, 4.69) is 28.8 Å². The van der Waals surface area contributed by atoms with E-state index in [-0.39, 0.29) is 5.91 Å². The average Bonchev–Trinajstić information content (AvgIpc) is 2.76. The number of benzene rings is 1. The van der Waals surface area contributed by atoms with Crippen LogP contribution < -0.4 is 5.32 Å². The molecule has 1 aromatic heterocycles. The second-order valence-electron chi connectivity index (χ2n) is 6.03. The van der Waals surface area contributed by atoms with Gasteiger partial charge in [0.25, 0.3) is 5.91 Å². The van der Waals surface area contributed by atoms with E-state index in [0.717, 1.165) is 36.8 Å². The number of aliphatic hydroxyl groups excluding tert-OH is 1. The van der Waals surface area contributed by atoms with Crippen molar-refractivity contribution in [3.8, 4) is 0 Å². The zero-order chi connectivity index (χ0) is 21.9. The Balaban J connectivity index is 0.000000649. The number of carbonyl (C=O) groups excluding carboxylic acids is 1. The van der Waals surface area contributed by atoms with Gasteiger partial charge in [-0.3, -0.25) is 9.79 Å². The molecule has 0 bridgehead atoms. The molecule has 0 atom stereocenters. The summed E-state index contributed by atoms with van der Waals surface area (Å²) in [6, 6.07) is 11.3. The van der Waals surface area contributed by atoms with Gasteiger partial charge in [0.2, 0.25) is 0 Å². The van der Waals surface area contributed by atoms with Crippen LogP contribution in [0.1, 0.15) is 43.7 Å². The molecule has 2 aromatic rings. The number of nitrogens with zero attached hydrogens (tertiary/aromatic N) is 2. The fraction of sp³-hybridized carbons (Fsp3) is 0.348. The minimum absolute atomic E-state index is 0.143. The lowest BCUT2D eigenvalue weighted by molar-refractivity contribution is -0.114. The van der Waals surface area contributed by atoms with Gasteiger partial charge < -0.3 is 10.4 Å². The Kier molecular flexibility index (Phi) is 16.1. The molecule has 158 valence electrons. The smallest absolute Gasteiger partial charge is 0.262 e. The first-order valence-corrected chi connectivity index (χ1v) is 10.0. The van der Waals surface area contributed by atoms with Crippen molar-refractivity contribution >= 4 is 35.5 Å². The molecule has 5 nitrogen and oxygen atoms in total. The average molecular weight is 418 g/mol. The van der Waals surface area contributed by atoms with Gasteiger partial charge >= 0.3 is 0 Å². The lowest BCUT2D eigenvalue weighted by Crippen LogP contribution is -2.25. The molecular weight excluding hydrogens is 386 g/mol. The van der Waals surface area contributed by atoms with Crippen LogP contribution in [-0.2, 0) is 4.79 Å². The van der Waals surface area contributed by atoms with Gasteiger partial charge in [-0.2, -0.15) is 0 Å². The fourth-order valence-corrected chi connectivity index (χ4v) is 2.28. The van der Waals surface area contributed by atoms with E-state index >= 15 is 0 Å². The van der Waals surface area contributed by atoms with Gasteiger partial charge in [0.1, 0.15) is 5.15 Å². The minimum atomic E-state index is -0.143. The molecule has 0 aliphatic carbocycles. The molecule has 6 heteroatoms. The lowest BCUT2D eigenvalue weighted by atomic mass is 10.2. The van der Waals surface area contributed by atoms with Crippen molar-refractivity contribution in [2.45, 2.75) is 39.5 Å². The van der Waals surface area contributed by atoms with Crippen LogP contribution in [0.3, 0.4) is 0 Å². The molecule has 0 aliphatic rings. The summed E-state index contributed by atoms with van der Waals surface area (Å²) in [7, 11) is 1.00. The monoisotopic (exact) mass is 417 g/mol. The Bertz CT molecular complexity index is 710. The molecule has 0 fully saturated rings. The number of carbonyl (C=O) groups is 1. The van der Waals surface area contributed by atoms with Gasteiger partial charge in [-0.05, 0) is 36.6 Å². The second-order valence-corrected chi connectivity index (χ2v) is 6.42. The molecule has 0 unspecified atom stereocenters. The SMILES string of the molecule is C=Cc1ccccc1N=CC(=O)NCCCCCC.CO.Cc1ccc(Cl)nc1. The first-order chi connectivity index (χ1) is 14.1. The maximum absolute atomic E-state index is 11.6. The number of aromatic nitrogens is 1. The quantitative estimate of drug-likeness (QED) is 0.344. The number of nitrogens with one attached hydrogen (secondary N) is 1. The standard InChI is InChI=1S/C16H22N2O.C6H6ClN.CH4O/c1-3-5-6-9-12-17-16(19)13-18-15-11-8-7-10-14(15)4-2;1-5-2-3-6(7)8-4-5;1-2/h4,7-8,10-11,13H,2-3,5-6,9,12H2,1H3,(H,17,19);2-4H,1H3;2H,1H3. The summed E-state index contributed by atoms with van der Waals surface area (Å²) in [5.74, 6) is -0.143. The fourth-order valence-electron chi connectivity index (χ4n) is 2.16. The minimum Gasteiger partial charge on any atom is -0.400 e. The molecule has 0 radical (unpaired) electrons. The molecule has 2 rings (SSSR count). The van der Waals surface area contributed by atoms with Crippen LogP contribution in [0.15, 0.2) is 54.2 Å². The Hall–Kier alpha value is -2.50. The van der Waals surface area contributed by atoms with Gasteiger partial charge in [0.15, 0.2) is 0 Å². The molecule has 1 heterocycles. The van der Waals surface area contributed by atoms with Crippen molar-refractivity contribution in [2.75, 3.05) is 13.7 Å². The predicted octanol–water partition coefficient (Wildman–Crippen LogP) is 5.38. The van der Waals surface area contributed by atoms with Crippen molar-refractivity contribution < 1.29 is 9.90 Å². The van der Waals surface area contributed by atoms with Crippen LogP contribution in [0.25, 0.3) is 6.08 Å². The van der Waals surface area contributed by atoms with E-state index in [1.807, 2.05) is 37.3 Å². The Morgan fingerprint density at radius 1 is 1.21 bits per heavy atom. The van der Waals surface area contributed by atoms with Crippen molar-refractivity contribution in [3.63, 3.8) is 0 Å².